The predicted octanol–water partition coefficient (Wildman–Crippen LogP) is 5.85. The zero-order valence-electron chi connectivity index (χ0n) is 30.6. The van der Waals surface area contributed by atoms with E-state index in [-0.39, 0.29) is 30.1 Å². The first-order chi connectivity index (χ1) is 24.0. The Balaban J connectivity index is 1.03. The molecule has 50 heavy (non-hydrogen) atoms. The highest BCUT2D eigenvalue weighted by molar-refractivity contribution is 5.30. The largest absolute Gasteiger partial charge is 0.497 e. The van der Waals surface area contributed by atoms with Gasteiger partial charge in [-0.3, -0.25) is 0 Å². The number of methoxy groups -OCH3 is 1. The Kier molecular flexibility index (Phi) is 10.5. The summed E-state index contributed by atoms with van der Waals surface area (Å²) in [6.45, 7) is 9.29. The van der Waals surface area contributed by atoms with Gasteiger partial charge in [0.1, 0.15) is 36.3 Å². The molecule has 1 aromatic rings. The van der Waals surface area contributed by atoms with E-state index in [4.69, 9.17) is 23.7 Å². The summed E-state index contributed by atoms with van der Waals surface area (Å²) in [7, 11) is 1.60. The molecule has 7 rings (SSSR count). The van der Waals surface area contributed by atoms with E-state index in [1.54, 1.807) is 7.11 Å². The van der Waals surface area contributed by atoms with Crippen molar-refractivity contribution in [2.24, 2.45) is 40.4 Å². The maximum Gasteiger partial charge on any atom is 0.184 e. The maximum atomic E-state index is 11.2. The molecule has 9 nitrogen and oxygen atoms in total. The zero-order valence-corrected chi connectivity index (χ0v) is 30.6. The fraction of sp³-hybridized carbons (Fsp3) is 0.756. The van der Waals surface area contributed by atoms with E-state index < -0.39 is 37.3 Å². The SMILES string of the molecule is COc1ccc(C2OCC(OC3CCC4(C)C(=CCC5C6CC7OC(CC[C@@H](C)CO)=C(C)C7C6(C)CC[C@@H]54)C3)C(O)C(O)C(CO)O2)cc1. The molecule has 0 spiro atoms. The summed E-state index contributed by atoms with van der Waals surface area (Å²) in [5, 5.41) is 41.9. The average molecular weight is 697 g/mol. The Morgan fingerprint density at radius 2 is 1.80 bits per heavy atom. The highest BCUT2D eigenvalue weighted by Gasteiger charge is 2.63. The van der Waals surface area contributed by atoms with Crippen LogP contribution in [0.1, 0.15) is 97.3 Å². The highest BCUT2D eigenvalue weighted by atomic mass is 16.7. The Bertz CT molecular complexity index is 1410. The molecule has 2 heterocycles. The number of fused-ring (bicyclic) bond motifs is 7. The lowest BCUT2D eigenvalue weighted by molar-refractivity contribution is -0.267. The van der Waals surface area contributed by atoms with Crippen LogP contribution in [0.15, 0.2) is 47.2 Å². The number of aliphatic hydroxyl groups is 4. The van der Waals surface area contributed by atoms with Crippen molar-refractivity contribution >= 4 is 0 Å². The number of aliphatic hydroxyl groups excluding tert-OH is 4. The number of ether oxygens (including phenoxy) is 5. The minimum atomic E-state index is -1.33. The molecule has 9 heteroatoms. The van der Waals surface area contributed by atoms with E-state index in [1.807, 2.05) is 24.3 Å². The smallest absolute Gasteiger partial charge is 0.184 e. The lowest BCUT2D eigenvalue weighted by Crippen LogP contribution is -2.54. The van der Waals surface area contributed by atoms with Crippen LogP contribution < -0.4 is 4.74 Å². The van der Waals surface area contributed by atoms with E-state index in [0.29, 0.717) is 41.4 Å². The standard InChI is InChI=1S/C41H60O9/c1-23(20-42)6-13-32-24(2)36-33(49-32)19-31-29-12-9-26-18-28(14-16-40(26,3)30(29)15-17-41(31,36)4)48-35-22-47-39(25-7-10-27(46-5)11-8-25)50-34(21-43)37(44)38(35)45/h7-11,23,28-31,33-39,42-45H,6,12-22H2,1-5H3/t23-,28?,29?,30+,31?,33?,34?,35?,36?,37?,38?,39?,40?,41?/m1/s1. The quantitative estimate of drug-likeness (QED) is 0.235. The van der Waals surface area contributed by atoms with Crippen molar-refractivity contribution < 1.29 is 44.1 Å². The first-order valence-corrected chi connectivity index (χ1v) is 19.2. The van der Waals surface area contributed by atoms with Crippen LogP contribution in [-0.2, 0) is 18.9 Å². The highest BCUT2D eigenvalue weighted by Crippen LogP contribution is 2.69. The first kappa shape index (κ1) is 36.4. The molecule has 0 bridgehead atoms. The Morgan fingerprint density at radius 3 is 2.52 bits per heavy atom. The van der Waals surface area contributed by atoms with Crippen LogP contribution in [0.3, 0.4) is 0 Å². The van der Waals surface area contributed by atoms with Crippen molar-refractivity contribution in [2.45, 2.75) is 128 Å². The lowest BCUT2D eigenvalue weighted by Gasteiger charge is -2.58. The van der Waals surface area contributed by atoms with E-state index in [0.717, 1.165) is 50.5 Å². The van der Waals surface area contributed by atoms with Crippen LogP contribution in [-0.4, -0.2) is 84.0 Å². The molecular weight excluding hydrogens is 636 g/mol. The summed E-state index contributed by atoms with van der Waals surface area (Å²) in [5.41, 5.74) is 4.07. The Morgan fingerprint density at radius 1 is 1.02 bits per heavy atom. The van der Waals surface area contributed by atoms with Gasteiger partial charge >= 0.3 is 0 Å². The third-order valence-corrected chi connectivity index (χ3v) is 14.2. The van der Waals surface area contributed by atoms with Crippen LogP contribution in [0, 0.1) is 40.4 Å². The van der Waals surface area contributed by atoms with E-state index in [2.05, 4.69) is 33.8 Å². The summed E-state index contributed by atoms with van der Waals surface area (Å²) >= 11 is 0. The van der Waals surface area contributed by atoms with Crippen LogP contribution >= 0.6 is 0 Å². The van der Waals surface area contributed by atoms with Crippen molar-refractivity contribution in [2.75, 3.05) is 26.9 Å². The molecule has 4 N–H and O–H groups in total. The first-order valence-electron chi connectivity index (χ1n) is 19.2. The third kappa shape index (κ3) is 6.37. The number of allylic oxidation sites excluding steroid dienone is 2. The van der Waals surface area contributed by atoms with Crippen molar-refractivity contribution in [3.63, 3.8) is 0 Å². The topological polar surface area (TPSA) is 127 Å². The van der Waals surface area contributed by atoms with E-state index in [1.165, 1.54) is 29.7 Å². The number of hydrogen-bond donors (Lipinski definition) is 4. The maximum absolute atomic E-state index is 11.2. The van der Waals surface area contributed by atoms with Crippen LogP contribution in [0.5, 0.6) is 5.75 Å². The molecule has 4 aliphatic carbocycles. The van der Waals surface area contributed by atoms with Gasteiger partial charge in [-0.1, -0.05) is 44.6 Å². The molecule has 1 saturated heterocycles. The van der Waals surface area contributed by atoms with Gasteiger partial charge in [0.15, 0.2) is 6.29 Å². The minimum Gasteiger partial charge on any atom is -0.497 e. The van der Waals surface area contributed by atoms with Crippen molar-refractivity contribution in [1.29, 1.82) is 0 Å². The second-order valence-corrected chi connectivity index (χ2v) is 16.9. The van der Waals surface area contributed by atoms with Gasteiger partial charge in [0.25, 0.3) is 0 Å². The molecule has 0 amide bonds. The van der Waals surface area contributed by atoms with Crippen molar-refractivity contribution in [3.05, 3.63) is 52.8 Å². The summed E-state index contributed by atoms with van der Waals surface area (Å²) in [4.78, 5) is 0. The van der Waals surface area contributed by atoms with Gasteiger partial charge in [0.05, 0.1) is 32.2 Å². The molecule has 3 saturated carbocycles. The summed E-state index contributed by atoms with van der Waals surface area (Å²) < 4.78 is 30.7. The Labute approximate surface area is 298 Å². The van der Waals surface area contributed by atoms with E-state index in [9.17, 15) is 20.4 Å². The molecule has 0 aromatic heterocycles. The van der Waals surface area contributed by atoms with Crippen molar-refractivity contribution in [1.82, 2.24) is 0 Å². The summed E-state index contributed by atoms with van der Waals surface area (Å²) in [5.74, 6) is 4.64. The average Bonchev–Trinajstić information content (AvgIpc) is 3.61. The van der Waals surface area contributed by atoms with Crippen LogP contribution in [0.25, 0.3) is 0 Å². The molecule has 14 atom stereocenters. The normalized spacial score (nSPS) is 43.4. The van der Waals surface area contributed by atoms with E-state index >= 15 is 0 Å². The van der Waals surface area contributed by atoms with Crippen molar-refractivity contribution in [3.8, 4) is 5.75 Å². The van der Waals surface area contributed by atoms with Gasteiger partial charge in [0.2, 0.25) is 0 Å². The Hall–Kier alpha value is -1.98. The van der Waals surface area contributed by atoms with Gasteiger partial charge in [-0.05, 0) is 110 Å². The third-order valence-electron chi connectivity index (χ3n) is 14.2. The molecule has 1 aromatic carbocycles. The number of hydrogen-bond acceptors (Lipinski definition) is 9. The molecular formula is C41H60O9. The predicted molar refractivity (Wildman–Crippen MR) is 188 cm³/mol. The van der Waals surface area contributed by atoms with Gasteiger partial charge in [-0.15, -0.1) is 0 Å². The zero-order chi connectivity index (χ0) is 35.4. The van der Waals surface area contributed by atoms with Gasteiger partial charge in [-0.25, -0.2) is 0 Å². The van der Waals surface area contributed by atoms with Crippen LogP contribution in [0.4, 0.5) is 0 Å². The fourth-order valence-corrected chi connectivity index (χ4v) is 11.2. The van der Waals surface area contributed by atoms with Gasteiger partial charge in [-0.2, -0.15) is 0 Å². The fourth-order valence-electron chi connectivity index (χ4n) is 11.2. The monoisotopic (exact) mass is 696 g/mol. The lowest BCUT2D eigenvalue weighted by atomic mass is 9.47. The summed E-state index contributed by atoms with van der Waals surface area (Å²) in [6, 6.07) is 7.28. The molecule has 278 valence electrons. The second kappa shape index (κ2) is 14.4. The molecule has 2 aliphatic heterocycles. The minimum absolute atomic E-state index is 0.0469. The summed E-state index contributed by atoms with van der Waals surface area (Å²) in [6.07, 6.45) is 6.83. The molecule has 12 unspecified atom stereocenters. The molecule has 4 fully saturated rings. The number of rotatable bonds is 9. The van der Waals surface area contributed by atoms with Gasteiger partial charge < -0.3 is 44.1 Å². The number of benzene rings is 1. The van der Waals surface area contributed by atoms with Crippen LogP contribution in [0.2, 0.25) is 0 Å². The van der Waals surface area contributed by atoms with Gasteiger partial charge in [0, 0.05) is 24.5 Å². The second-order valence-electron chi connectivity index (χ2n) is 16.9. The molecule has 0 radical (unpaired) electrons. The molecule has 6 aliphatic rings.